The van der Waals surface area contributed by atoms with Crippen LogP contribution in [0.4, 0.5) is 0 Å². The number of hydrogen-bond donors (Lipinski definition) is 1. The van der Waals surface area contributed by atoms with Gasteiger partial charge in [0.2, 0.25) is 0 Å². The first-order valence-corrected chi connectivity index (χ1v) is 7.23. The number of rotatable bonds is 5. The Morgan fingerprint density at radius 3 is 2.72 bits per heavy atom. The molecule has 0 radical (unpaired) electrons. The van der Waals surface area contributed by atoms with Crippen molar-refractivity contribution in [1.82, 2.24) is 0 Å². The zero-order chi connectivity index (χ0) is 12.8. The molecule has 0 saturated carbocycles. The monoisotopic (exact) mass is 267 g/mol. The Kier molecular flexibility index (Phi) is 5.48. The first kappa shape index (κ1) is 13.9. The number of nitrogens with two attached hydrogens (primary N) is 1. The van der Waals surface area contributed by atoms with Crippen LogP contribution >= 0.6 is 11.6 Å². The Hall–Kier alpha value is -0.570. The molecular weight excluding hydrogens is 246 g/mol. The van der Waals surface area contributed by atoms with Gasteiger partial charge in [0.25, 0.3) is 0 Å². The van der Waals surface area contributed by atoms with Gasteiger partial charge in [-0.25, -0.2) is 0 Å². The lowest BCUT2D eigenvalue weighted by atomic mass is 9.98. The molecule has 3 heteroatoms. The second-order valence-corrected chi connectivity index (χ2v) is 5.59. The molecule has 1 heterocycles. The highest BCUT2D eigenvalue weighted by atomic mass is 35.5. The second-order valence-electron chi connectivity index (χ2n) is 5.16. The van der Waals surface area contributed by atoms with Crippen LogP contribution in [-0.2, 0) is 11.2 Å². The standard InChI is InChI=1S/C15H22ClNO/c16-13-6-4-12(5-7-13)11-14(17)8-9-15-3-1-2-10-18-15/h4-7,14-15H,1-3,8-11,17H2. The van der Waals surface area contributed by atoms with Gasteiger partial charge in [-0.15, -0.1) is 0 Å². The van der Waals surface area contributed by atoms with Gasteiger partial charge in [0.1, 0.15) is 0 Å². The Balaban J connectivity index is 1.71. The summed E-state index contributed by atoms with van der Waals surface area (Å²) >= 11 is 5.86. The summed E-state index contributed by atoms with van der Waals surface area (Å²) in [7, 11) is 0. The van der Waals surface area contributed by atoms with Crippen LogP contribution in [0.1, 0.15) is 37.7 Å². The largest absolute Gasteiger partial charge is 0.378 e. The molecule has 100 valence electrons. The predicted octanol–water partition coefficient (Wildman–Crippen LogP) is 3.56. The van der Waals surface area contributed by atoms with Crippen LogP contribution < -0.4 is 5.73 Å². The smallest absolute Gasteiger partial charge is 0.0575 e. The Morgan fingerprint density at radius 2 is 2.06 bits per heavy atom. The van der Waals surface area contributed by atoms with E-state index in [-0.39, 0.29) is 6.04 Å². The van der Waals surface area contributed by atoms with Gasteiger partial charge in [0, 0.05) is 17.7 Å². The highest BCUT2D eigenvalue weighted by molar-refractivity contribution is 6.30. The van der Waals surface area contributed by atoms with Gasteiger partial charge in [-0.2, -0.15) is 0 Å². The molecule has 2 nitrogen and oxygen atoms in total. The minimum Gasteiger partial charge on any atom is -0.378 e. The summed E-state index contributed by atoms with van der Waals surface area (Å²) in [6.45, 7) is 0.928. The fourth-order valence-corrected chi connectivity index (χ4v) is 2.59. The molecule has 1 aromatic rings. The van der Waals surface area contributed by atoms with E-state index in [1.807, 2.05) is 12.1 Å². The summed E-state index contributed by atoms with van der Waals surface area (Å²) in [5.74, 6) is 0. The maximum Gasteiger partial charge on any atom is 0.0575 e. The van der Waals surface area contributed by atoms with Crippen LogP contribution in [0.2, 0.25) is 5.02 Å². The third kappa shape index (κ3) is 4.60. The van der Waals surface area contributed by atoms with Crippen LogP contribution in [0.15, 0.2) is 24.3 Å². The third-order valence-electron chi connectivity index (χ3n) is 3.54. The molecule has 18 heavy (non-hydrogen) atoms. The Morgan fingerprint density at radius 1 is 1.28 bits per heavy atom. The summed E-state index contributed by atoms with van der Waals surface area (Å²) in [5.41, 5.74) is 7.43. The van der Waals surface area contributed by atoms with Crippen LogP contribution in [-0.4, -0.2) is 18.8 Å². The van der Waals surface area contributed by atoms with Gasteiger partial charge in [-0.1, -0.05) is 23.7 Å². The SMILES string of the molecule is NC(CCC1CCCCO1)Cc1ccc(Cl)cc1. The van der Waals surface area contributed by atoms with E-state index >= 15 is 0 Å². The van der Waals surface area contributed by atoms with Crippen molar-refractivity contribution in [3.8, 4) is 0 Å². The maximum atomic E-state index is 6.17. The molecule has 2 rings (SSSR count). The highest BCUT2D eigenvalue weighted by Crippen LogP contribution is 2.18. The van der Waals surface area contributed by atoms with Crippen molar-refractivity contribution >= 4 is 11.6 Å². The molecule has 0 aliphatic carbocycles. The van der Waals surface area contributed by atoms with Gasteiger partial charge in [0.05, 0.1) is 6.10 Å². The zero-order valence-corrected chi connectivity index (χ0v) is 11.5. The molecule has 2 N–H and O–H groups in total. The van der Waals surface area contributed by atoms with Crippen molar-refractivity contribution in [3.05, 3.63) is 34.9 Å². The number of halogens is 1. The molecule has 1 aliphatic heterocycles. The topological polar surface area (TPSA) is 35.2 Å². The number of ether oxygens (including phenoxy) is 1. The van der Waals surface area contributed by atoms with Crippen molar-refractivity contribution < 1.29 is 4.74 Å². The average Bonchev–Trinajstić information content (AvgIpc) is 2.40. The predicted molar refractivity (Wildman–Crippen MR) is 76.0 cm³/mol. The maximum absolute atomic E-state index is 6.17. The lowest BCUT2D eigenvalue weighted by Crippen LogP contribution is -2.27. The van der Waals surface area contributed by atoms with Crippen molar-refractivity contribution in [2.24, 2.45) is 5.73 Å². The summed E-state index contributed by atoms with van der Waals surface area (Å²) in [6.07, 6.45) is 7.21. The van der Waals surface area contributed by atoms with Crippen LogP contribution in [0, 0.1) is 0 Å². The van der Waals surface area contributed by atoms with Gasteiger partial charge in [0.15, 0.2) is 0 Å². The van der Waals surface area contributed by atoms with E-state index in [1.54, 1.807) is 0 Å². The van der Waals surface area contributed by atoms with E-state index in [0.717, 1.165) is 30.9 Å². The van der Waals surface area contributed by atoms with Gasteiger partial charge in [-0.3, -0.25) is 0 Å². The first-order chi connectivity index (χ1) is 8.74. The molecule has 1 fully saturated rings. The van der Waals surface area contributed by atoms with E-state index in [1.165, 1.54) is 24.8 Å². The molecule has 1 aliphatic rings. The molecule has 0 bridgehead atoms. The van der Waals surface area contributed by atoms with Crippen molar-refractivity contribution in [1.29, 1.82) is 0 Å². The van der Waals surface area contributed by atoms with Gasteiger partial charge >= 0.3 is 0 Å². The van der Waals surface area contributed by atoms with E-state index in [0.29, 0.717) is 6.10 Å². The Labute approximate surface area is 114 Å². The molecule has 2 unspecified atom stereocenters. The van der Waals surface area contributed by atoms with Crippen molar-refractivity contribution in [2.75, 3.05) is 6.61 Å². The zero-order valence-electron chi connectivity index (χ0n) is 10.8. The summed E-state index contributed by atoms with van der Waals surface area (Å²) in [5, 5.41) is 0.780. The second kappa shape index (κ2) is 7.13. The lowest BCUT2D eigenvalue weighted by Gasteiger charge is -2.23. The molecule has 1 saturated heterocycles. The van der Waals surface area contributed by atoms with Crippen molar-refractivity contribution in [2.45, 2.75) is 50.7 Å². The van der Waals surface area contributed by atoms with Gasteiger partial charge < -0.3 is 10.5 Å². The first-order valence-electron chi connectivity index (χ1n) is 6.85. The quantitative estimate of drug-likeness (QED) is 0.885. The van der Waals surface area contributed by atoms with Crippen molar-refractivity contribution in [3.63, 3.8) is 0 Å². The van der Waals surface area contributed by atoms with Gasteiger partial charge in [-0.05, 0) is 56.2 Å². The highest BCUT2D eigenvalue weighted by Gasteiger charge is 2.15. The fourth-order valence-electron chi connectivity index (χ4n) is 2.46. The van der Waals surface area contributed by atoms with Crippen LogP contribution in [0.5, 0.6) is 0 Å². The molecular formula is C15H22ClNO. The molecule has 0 aromatic heterocycles. The minimum atomic E-state index is 0.219. The molecule has 1 aromatic carbocycles. The number of benzene rings is 1. The molecule has 0 spiro atoms. The summed E-state index contributed by atoms with van der Waals surface area (Å²) < 4.78 is 5.72. The third-order valence-corrected chi connectivity index (χ3v) is 3.80. The number of hydrogen-bond acceptors (Lipinski definition) is 2. The normalized spacial score (nSPS) is 21.8. The van der Waals surface area contributed by atoms with E-state index < -0.39 is 0 Å². The molecule has 0 amide bonds. The summed E-state index contributed by atoms with van der Waals surface area (Å²) in [4.78, 5) is 0. The Bertz CT molecular complexity index is 346. The van der Waals surface area contributed by atoms with Crippen LogP contribution in [0.25, 0.3) is 0 Å². The molecule has 2 atom stereocenters. The van der Waals surface area contributed by atoms with E-state index in [4.69, 9.17) is 22.1 Å². The van der Waals surface area contributed by atoms with Crippen LogP contribution in [0.3, 0.4) is 0 Å². The lowest BCUT2D eigenvalue weighted by molar-refractivity contribution is 0.00915. The van der Waals surface area contributed by atoms with E-state index in [9.17, 15) is 0 Å². The average molecular weight is 268 g/mol. The minimum absolute atomic E-state index is 0.219. The summed E-state index contributed by atoms with van der Waals surface area (Å²) in [6, 6.07) is 8.18. The fraction of sp³-hybridized carbons (Fsp3) is 0.600. The van der Waals surface area contributed by atoms with E-state index in [2.05, 4.69) is 12.1 Å².